The van der Waals surface area contributed by atoms with Crippen LogP contribution in [0.15, 0.2) is 16.7 Å². The second kappa shape index (κ2) is 3.64. The van der Waals surface area contributed by atoms with Crippen LogP contribution in [0.1, 0.15) is 19.5 Å². The van der Waals surface area contributed by atoms with Gasteiger partial charge < -0.3 is 9.84 Å². The van der Waals surface area contributed by atoms with Crippen LogP contribution in [0.5, 0.6) is 5.75 Å². The van der Waals surface area contributed by atoms with E-state index in [0.717, 1.165) is 4.47 Å². The number of hydrogen-bond acceptors (Lipinski definition) is 3. The van der Waals surface area contributed by atoms with Crippen LogP contribution in [-0.4, -0.2) is 17.2 Å². The number of methoxy groups -OCH3 is 1. The minimum absolute atomic E-state index is 0.540. The van der Waals surface area contributed by atoms with E-state index in [1.807, 2.05) is 0 Å². The molecule has 1 rings (SSSR count). The fraction of sp³-hybridized carbons (Fsp3) is 0.444. The van der Waals surface area contributed by atoms with E-state index >= 15 is 0 Å². The Morgan fingerprint density at radius 2 is 2.15 bits per heavy atom. The topological polar surface area (TPSA) is 42.4 Å². The molecule has 0 fully saturated rings. The van der Waals surface area contributed by atoms with E-state index in [9.17, 15) is 5.11 Å². The third-order valence-corrected chi connectivity index (χ3v) is 2.05. The van der Waals surface area contributed by atoms with Gasteiger partial charge in [0.05, 0.1) is 7.11 Å². The Bertz CT molecular complexity index is 307. The normalized spacial score (nSPS) is 11.5. The van der Waals surface area contributed by atoms with Crippen LogP contribution in [0.3, 0.4) is 0 Å². The van der Waals surface area contributed by atoms with Crippen molar-refractivity contribution >= 4 is 15.9 Å². The van der Waals surface area contributed by atoms with Crippen molar-refractivity contribution in [3.63, 3.8) is 0 Å². The Hall–Kier alpha value is -0.610. The van der Waals surface area contributed by atoms with Gasteiger partial charge in [-0.25, -0.2) is 0 Å². The van der Waals surface area contributed by atoms with Gasteiger partial charge in [0.25, 0.3) is 0 Å². The number of halogens is 1. The standard InChI is InChI=1S/C9H12BrNO2/c1-9(2,12)8-7(13-3)4-6(10)5-11-8/h4-5,12H,1-3H3. The molecule has 0 atom stereocenters. The summed E-state index contributed by atoms with van der Waals surface area (Å²) in [6.07, 6.45) is 1.63. The number of rotatable bonds is 2. The van der Waals surface area contributed by atoms with Crippen LogP contribution in [0.4, 0.5) is 0 Å². The molecule has 0 bridgehead atoms. The van der Waals surface area contributed by atoms with Crippen LogP contribution in [0.25, 0.3) is 0 Å². The van der Waals surface area contributed by atoms with Crippen molar-refractivity contribution in [3.05, 3.63) is 22.4 Å². The van der Waals surface area contributed by atoms with Crippen molar-refractivity contribution in [2.75, 3.05) is 7.11 Å². The predicted molar refractivity (Wildman–Crippen MR) is 53.7 cm³/mol. The number of aliphatic hydroxyl groups is 1. The molecule has 0 aliphatic rings. The molecule has 13 heavy (non-hydrogen) atoms. The highest BCUT2D eigenvalue weighted by atomic mass is 79.9. The summed E-state index contributed by atoms with van der Waals surface area (Å²) in [5, 5.41) is 9.73. The lowest BCUT2D eigenvalue weighted by Crippen LogP contribution is -2.18. The van der Waals surface area contributed by atoms with Gasteiger partial charge in [0.15, 0.2) is 0 Å². The molecule has 0 amide bonds. The highest BCUT2D eigenvalue weighted by Gasteiger charge is 2.22. The van der Waals surface area contributed by atoms with E-state index in [1.54, 1.807) is 33.2 Å². The van der Waals surface area contributed by atoms with Crippen molar-refractivity contribution in [1.29, 1.82) is 0 Å². The molecule has 0 aliphatic carbocycles. The quantitative estimate of drug-likeness (QED) is 0.868. The summed E-state index contributed by atoms with van der Waals surface area (Å²) < 4.78 is 5.93. The number of nitrogens with zero attached hydrogens (tertiary/aromatic N) is 1. The largest absolute Gasteiger partial charge is 0.495 e. The molecule has 1 heterocycles. The Morgan fingerprint density at radius 3 is 2.62 bits per heavy atom. The van der Waals surface area contributed by atoms with Gasteiger partial charge in [0.1, 0.15) is 17.0 Å². The first-order valence-electron chi connectivity index (χ1n) is 3.87. The third kappa shape index (κ3) is 2.42. The van der Waals surface area contributed by atoms with Gasteiger partial charge in [-0.15, -0.1) is 0 Å². The van der Waals surface area contributed by atoms with Gasteiger partial charge in [-0.05, 0) is 35.8 Å². The fourth-order valence-electron chi connectivity index (χ4n) is 1.04. The van der Waals surface area contributed by atoms with Crippen LogP contribution in [0, 0.1) is 0 Å². The molecule has 1 aromatic rings. The molecular weight excluding hydrogens is 234 g/mol. The second-order valence-electron chi connectivity index (χ2n) is 3.26. The highest BCUT2D eigenvalue weighted by molar-refractivity contribution is 9.10. The van der Waals surface area contributed by atoms with E-state index in [1.165, 1.54) is 0 Å². The molecule has 3 nitrogen and oxygen atoms in total. The van der Waals surface area contributed by atoms with Crippen molar-refractivity contribution in [3.8, 4) is 5.75 Å². The monoisotopic (exact) mass is 245 g/mol. The fourth-order valence-corrected chi connectivity index (χ4v) is 1.35. The molecule has 0 radical (unpaired) electrons. The lowest BCUT2D eigenvalue weighted by molar-refractivity contribution is 0.0706. The van der Waals surface area contributed by atoms with Gasteiger partial charge in [-0.3, -0.25) is 4.98 Å². The molecule has 72 valence electrons. The first-order valence-corrected chi connectivity index (χ1v) is 4.67. The number of aromatic nitrogens is 1. The minimum Gasteiger partial charge on any atom is -0.495 e. The van der Waals surface area contributed by atoms with Crippen LogP contribution >= 0.6 is 15.9 Å². The lowest BCUT2D eigenvalue weighted by atomic mass is 10.0. The first kappa shape index (κ1) is 10.5. The summed E-state index contributed by atoms with van der Waals surface area (Å²) in [4.78, 5) is 4.10. The smallest absolute Gasteiger partial charge is 0.144 e. The van der Waals surface area contributed by atoms with Gasteiger partial charge in [0.2, 0.25) is 0 Å². The molecule has 0 saturated heterocycles. The van der Waals surface area contributed by atoms with Crippen LogP contribution in [-0.2, 0) is 5.60 Å². The molecule has 0 aliphatic heterocycles. The third-order valence-electron chi connectivity index (χ3n) is 1.62. The maximum atomic E-state index is 9.73. The van der Waals surface area contributed by atoms with E-state index in [0.29, 0.717) is 11.4 Å². The van der Waals surface area contributed by atoms with E-state index in [-0.39, 0.29) is 0 Å². The summed E-state index contributed by atoms with van der Waals surface area (Å²) >= 11 is 3.28. The Kier molecular flexibility index (Phi) is 2.93. The SMILES string of the molecule is COc1cc(Br)cnc1C(C)(C)O. The predicted octanol–water partition coefficient (Wildman–Crippen LogP) is 2.08. The zero-order valence-electron chi connectivity index (χ0n) is 7.84. The van der Waals surface area contributed by atoms with Crippen molar-refractivity contribution in [2.24, 2.45) is 0 Å². The molecule has 0 aromatic carbocycles. The average Bonchev–Trinajstić information content (AvgIpc) is 2.01. The molecule has 4 heteroatoms. The zero-order valence-corrected chi connectivity index (χ0v) is 9.42. The summed E-state index contributed by atoms with van der Waals surface area (Å²) in [7, 11) is 1.55. The van der Waals surface area contributed by atoms with E-state index in [4.69, 9.17) is 4.74 Å². The number of hydrogen-bond donors (Lipinski definition) is 1. The number of pyridine rings is 1. The summed E-state index contributed by atoms with van der Waals surface area (Å²) in [6, 6.07) is 1.78. The van der Waals surface area contributed by atoms with Crippen molar-refractivity contribution in [2.45, 2.75) is 19.4 Å². The minimum atomic E-state index is -0.980. The Morgan fingerprint density at radius 1 is 1.54 bits per heavy atom. The van der Waals surface area contributed by atoms with E-state index < -0.39 is 5.60 Å². The van der Waals surface area contributed by atoms with Gasteiger partial charge in [-0.2, -0.15) is 0 Å². The summed E-state index contributed by atoms with van der Waals surface area (Å²) in [5.41, 5.74) is -0.440. The summed E-state index contributed by atoms with van der Waals surface area (Å²) in [5.74, 6) is 0.585. The Balaban J connectivity index is 3.22. The highest BCUT2D eigenvalue weighted by Crippen LogP contribution is 2.29. The maximum Gasteiger partial charge on any atom is 0.144 e. The van der Waals surface area contributed by atoms with Gasteiger partial charge >= 0.3 is 0 Å². The Labute approximate surface area is 85.9 Å². The molecule has 0 unspecified atom stereocenters. The first-order chi connectivity index (χ1) is 5.95. The molecule has 1 aromatic heterocycles. The van der Waals surface area contributed by atoms with Crippen molar-refractivity contribution < 1.29 is 9.84 Å². The van der Waals surface area contributed by atoms with Gasteiger partial charge in [0, 0.05) is 10.7 Å². The molecule has 1 N–H and O–H groups in total. The second-order valence-corrected chi connectivity index (χ2v) is 4.18. The molecule has 0 spiro atoms. The molecular formula is C9H12BrNO2. The average molecular weight is 246 g/mol. The zero-order chi connectivity index (χ0) is 10.1. The van der Waals surface area contributed by atoms with Gasteiger partial charge in [-0.1, -0.05) is 0 Å². The summed E-state index contributed by atoms with van der Waals surface area (Å²) in [6.45, 7) is 3.34. The van der Waals surface area contributed by atoms with Crippen LogP contribution in [0.2, 0.25) is 0 Å². The molecule has 0 saturated carbocycles. The lowest BCUT2D eigenvalue weighted by Gasteiger charge is -2.19. The van der Waals surface area contributed by atoms with Crippen LogP contribution < -0.4 is 4.74 Å². The van der Waals surface area contributed by atoms with E-state index in [2.05, 4.69) is 20.9 Å². The number of ether oxygens (including phenoxy) is 1. The maximum absolute atomic E-state index is 9.73. The van der Waals surface area contributed by atoms with Crippen molar-refractivity contribution in [1.82, 2.24) is 4.98 Å².